The fourth-order valence-corrected chi connectivity index (χ4v) is 7.95. The van der Waals surface area contributed by atoms with Crippen molar-refractivity contribution >= 4 is 48.3 Å². The smallest absolute Gasteiger partial charge is 0.242 e. The summed E-state index contributed by atoms with van der Waals surface area (Å²) in [5.74, 6) is 0.184. The number of aromatic nitrogens is 1. The van der Waals surface area contributed by atoms with E-state index in [0.717, 1.165) is 42.2 Å². The largest absolute Gasteiger partial charge is 0.391 e. The van der Waals surface area contributed by atoms with Crippen molar-refractivity contribution in [2.45, 2.75) is 55.2 Å². The molecule has 1 spiro atoms. The van der Waals surface area contributed by atoms with Crippen LogP contribution >= 0.6 is 22.9 Å². The number of thiazole rings is 1. The van der Waals surface area contributed by atoms with Crippen molar-refractivity contribution in [3.8, 4) is 0 Å². The second-order valence-electron chi connectivity index (χ2n) is 9.18. The Labute approximate surface area is 186 Å². The number of sulfonamides is 1. The maximum atomic E-state index is 13.2. The van der Waals surface area contributed by atoms with Crippen molar-refractivity contribution in [1.82, 2.24) is 14.6 Å². The van der Waals surface area contributed by atoms with Gasteiger partial charge < -0.3 is 10.0 Å². The number of β-amino-alcohol motifs (C(OH)–C–C–N with tert-alkyl or cyclic N) is 1. The Morgan fingerprint density at radius 1 is 1.30 bits per heavy atom. The van der Waals surface area contributed by atoms with Gasteiger partial charge in [0.05, 0.1) is 21.3 Å². The summed E-state index contributed by atoms with van der Waals surface area (Å²) in [7, 11) is -1.65. The van der Waals surface area contributed by atoms with Crippen molar-refractivity contribution in [3.05, 3.63) is 17.2 Å². The number of anilines is 1. The summed E-state index contributed by atoms with van der Waals surface area (Å²) < 4.78 is 30.0. The van der Waals surface area contributed by atoms with E-state index in [-0.39, 0.29) is 33.5 Å². The van der Waals surface area contributed by atoms with Gasteiger partial charge in [0.15, 0.2) is 5.13 Å². The van der Waals surface area contributed by atoms with E-state index in [1.54, 1.807) is 12.1 Å². The number of halogens is 1. The molecule has 30 heavy (non-hydrogen) atoms. The number of likely N-dealkylation sites (tertiary alicyclic amines) is 1. The summed E-state index contributed by atoms with van der Waals surface area (Å²) in [6, 6.07) is 3.17. The Kier molecular flexibility index (Phi) is 5.07. The van der Waals surface area contributed by atoms with Crippen LogP contribution in [0.2, 0.25) is 5.02 Å². The number of benzene rings is 1. The van der Waals surface area contributed by atoms with Crippen molar-refractivity contribution in [1.29, 1.82) is 0 Å². The Morgan fingerprint density at radius 3 is 2.67 bits per heavy atom. The Balaban J connectivity index is 1.40. The summed E-state index contributed by atoms with van der Waals surface area (Å²) in [6.07, 6.45) is 3.98. The summed E-state index contributed by atoms with van der Waals surface area (Å²) >= 11 is 7.83. The summed E-state index contributed by atoms with van der Waals surface area (Å²) in [5.41, 5.74) is 0.854. The van der Waals surface area contributed by atoms with E-state index in [9.17, 15) is 13.5 Å². The van der Waals surface area contributed by atoms with Crippen molar-refractivity contribution in [3.63, 3.8) is 0 Å². The Hall–Kier alpha value is -0.970. The molecule has 1 aliphatic carbocycles. The second-order valence-corrected chi connectivity index (χ2v) is 12.3. The minimum absolute atomic E-state index is 0.100. The molecular formula is C20H27ClN4O3S2. The molecule has 1 saturated carbocycles. The molecule has 2 N–H and O–H groups in total. The van der Waals surface area contributed by atoms with Crippen molar-refractivity contribution in [2.24, 2.45) is 5.92 Å². The van der Waals surface area contributed by atoms with Crippen LogP contribution in [0.1, 0.15) is 32.6 Å². The predicted molar refractivity (Wildman–Crippen MR) is 120 cm³/mol. The van der Waals surface area contributed by atoms with Gasteiger partial charge >= 0.3 is 0 Å². The summed E-state index contributed by atoms with van der Waals surface area (Å²) in [4.78, 5) is 9.09. The first-order valence-corrected chi connectivity index (χ1v) is 13.1. The minimum Gasteiger partial charge on any atom is -0.391 e. The van der Waals surface area contributed by atoms with Crippen LogP contribution < -0.4 is 9.62 Å². The topological polar surface area (TPSA) is 85.8 Å². The summed E-state index contributed by atoms with van der Waals surface area (Å²) in [5, 5.41) is 11.0. The van der Waals surface area contributed by atoms with Crippen molar-refractivity contribution in [2.75, 3.05) is 31.6 Å². The molecule has 2 aromatic rings. The van der Waals surface area contributed by atoms with Gasteiger partial charge in [0.1, 0.15) is 4.90 Å². The highest BCUT2D eigenvalue weighted by Crippen LogP contribution is 2.45. The van der Waals surface area contributed by atoms with Crippen LogP contribution in [0.15, 0.2) is 17.0 Å². The average molecular weight is 471 g/mol. The van der Waals surface area contributed by atoms with E-state index in [0.29, 0.717) is 12.1 Å². The second kappa shape index (κ2) is 7.28. The number of nitrogens with zero attached hydrogens (tertiary/aromatic N) is 3. The lowest BCUT2D eigenvalue weighted by Gasteiger charge is -2.44. The molecular weight excluding hydrogens is 444 g/mol. The first-order chi connectivity index (χ1) is 14.2. The standard InChI is InChI=1S/C20H27ClN4O3S2/c1-12-9-25(11-16(12)26)19-22-15-6-14(21)18(7-17(15)29-19)30(27,28)23-13-8-20(4-3-5-20)24(2)10-13/h6-7,12-13,16,23,26H,3-5,8-11H2,1-2H3/t12-,13?,16-/m1/s1. The van der Waals surface area contributed by atoms with E-state index in [1.807, 2.05) is 11.8 Å². The van der Waals surface area contributed by atoms with Crippen LogP contribution in [0.4, 0.5) is 5.13 Å². The number of aliphatic hydroxyl groups excluding tert-OH is 1. The van der Waals surface area contributed by atoms with Gasteiger partial charge in [-0.05, 0) is 44.9 Å². The Bertz CT molecular complexity index is 1080. The molecule has 1 unspecified atom stereocenters. The van der Waals surface area contributed by atoms with Crippen LogP contribution in [-0.2, 0) is 10.0 Å². The maximum Gasteiger partial charge on any atom is 0.242 e. The number of hydrogen-bond acceptors (Lipinski definition) is 7. The van der Waals surface area contributed by atoms with Gasteiger partial charge in [0.2, 0.25) is 10.0 Å². The molecule has 0 amide bonds. The Morgan fingerprint density at radius 2 is 2.07 bits per heavy atom. The lowest BCUT2D eigenvalue weighted by atomic mass is 9.74. The fraction of sp³-hybridized carbons (Fsp3) is 0.650. The van der Waals surface area contributed by atoms with E-state index in [2.05, 4.69) is 21.7 Å². The number of rotatable bonds is 4. The number of aliphatic hydroxyl groups is 1. The molecule has 7 nitrogen and oxygen atoms in total. The van der Waals surface area contributed by atoms with Gasteiger partial charge in [-0.3, -0.25) is 4.90 Å². The average Bonchev–Trinajstić information content (AvgIpc) is 3.28. The summed E-state index contributed by atoms with van der Waals surface area (Å²) in [6.45, 7) is 4.01. The SMILES string of the molecule is C[C@@H]1CN(c2nc3cc(Cl)c(S(=O)(=O)NC4CN(C)C5(CCC5)C4)cc3s2)C[C@H]1O. The van der Waals surface area contributed by atoms with Gasteiger partial charge in [0, 0.05) is 37.1 Å². The highest BCUT2D eigenvalue weighted by atomic mass is 35.5. The highest BCUT2D eigenvalue weighted by Gasteiger charge is 2.48. The van der Waals surface area contributed by atoms with Crippen LogP contribution in [0.3, 0.4) is 0 Å². The van der Waals surface area contributed by atoms with Gasteiger partial charge in [-0.1, -0.05) is 29.9 Å². The molecule has 3 fully saturated rings. The first-order valence-electron chi connectivity index (χ1n) is 10.4. The molecule has 10 heteroatoms. The molecule has 3 atom stereocenters. The van der Waals surface area contributed by atoms with Gasteiger partial charge in [0.25, 0.3) is 0 Å². The minimum atomic E-state index is -3.73. The third-order valence-corrected chi connectivity index (χ3v) is 10.2. The fourth-order valence-electron chi connectivity index (χ4n) is 5.10. The molecule has 0 radical (unpaired) electrons. The van der Waals surface area contributed by atoms with Crippen LogP contribution in [0.5, 0.6) is 0 Å². The first kappa shape index (κ1) is 20.9. The van der Waals surface area contributed by atoms with E-state index >= 15 is 0 Å². The molecule has 1 aromatic carbocycles. The molecule has 1 aromatic heterocycles. The lowest BCUT2D eigenvalue weighted by molar-refractivity contribution is 0.0801. The molecule has 3 heterocycles. The van der Waals surface area contributed by atoms with E-state index in [4.69, 9.17) is 11.6 Å². The number of likely N-dealkylation sites (N-methyl/N-ethyl adjacent to an activating group) is 1. The zero-order valence-corrected chi connectivity index (χ0v) is 19.5. The number of hydrogen-bond donors (Lipinski definition) is 2. The third kappa shape index (κ3) is 3.43. The quantitative estimate of drug-likeness (QED) is 0.714. The molecule has 3 aliphatic rings. The zero-order chi connectivity index (χ0) is 21.3. The molecule has 2 aliphatic heterocycles. The van der Waals surface area contributed by atoms with E-state index < -0.39 is 10.0 Å². The van der Waals surface area contributed by atoms with Gasteiger partial charge in [-0.25, -0.2) is 18.1 Å². The normalized spacial score (nSPS) is 29.2. The number of fused-ring (bicyclic) bond motifs is 1. The number of nitrogens with one attached hydrogen (secondary N) is 1. The van der Waals surface area contributed by atoms with E-state index in [1.165, 1.54) is 17.8 Å². The van der Waals surface area contributed by atoms with Crippen LogP contribution in [0.25, 0.3) is 10.2 Å². The monoisotopic (exact) mass is 470 g/mol. The highest BCUT2D eigenvalue weighted by molar-refractivity contribution is 7.89. The zero-order valence-electron chi connectivity index (χ0n) is 17.1. The van der Waals surface area contributed by atoms with Crippen LogP contribution in [0, 0.1) is 5.92 Å². The molecule has 0 bridgehead atoms. The molecule has 164 valence electrons. The predicted octanol–water partition coefficient (Wildman–Crippen LogP) is 2.67. The van der Waals surface area contributed by atoms with Gasteiger partial charge in [-0.2, -0.15) is 0 Å². The van der Waals surface area contributed by atoms with Crippen molar-refractivity contribution < 1.29 is 13.5 Å². The molecule has 5 rings (SSSR count). The lowest BCUT2D eigenvalue weighted by Crippen LogP contribution is -2.47. The maximum absolute atomic E-state index is 13.2. The third-order valence-electron chi connectivity index (χ3n) is 7.10. The molecule has 2 saturated heterocycles. The van der Waals surface area contributed by atoms with Crippen LogP contribution in [-0.4, -0.2) is 67.8 Å². The van der Waals surface area contributed by atoms with Gasteiger partial charge in [-0.15, -0.1) is 0 Å².